The van der Waals surface area contributed by atoms with Crippen LogP contribution in [0.5, 0.6) is 0 Å². The average Bonchev–Trinajstić information content (AvgIpc) is 2.55. The third kappa shape index (κ3) is 5.98. The van der Waals surface area contributed by atoms with E-state index in [-0.39, 0.29) is 11.3 Å². The Kier molecular flexibility index (Phi) is 5.84. The Hall–Kier alpha value is -2.78. The van der Waals surface area contributed by atoms with Crippen LogP contribution in [-0.4, -0.2) is 26.9 Å². The monoisotopic (exact) mass is 366 g/mol. The van der Waals surface area contributed by atoms with Gasteiger partial charge in [-0.15, -0.1) is 0 Å². The van der Waals surface area contributed by atoms with Gasteiger partial charge in [-0.25, -0.2) is 17.9 Å². The first-order valence-electron chi connectivity index (χ1n) is 7.07. The maximum atomic E-state index is 12.8. The Morgan fingerprint density at radius 3 is 2.20 bits per heavy atom. The summed E-state index contributed by atoms with van der Waals surface area (Å²) in [6.07, 6.45) is -0.0867. The van der Waals surface area contributed by atoms with Crippen molar-refractivity contribution in [3.05, 3.63) is 59.9 Å². The number of halogens is 1. The topological polar surface area (TPSA) is 116 Å². The number of carbonyl (C=O) groups excluding carboxylic acids is 2. The summed E-state index contributed by atoms with van der Waals surface area (Å²) >= 11 is 0. The summed E-state index contributed by atoms with van der Waals surface area (Å²) in [7, 11) is -3.81. The molecule has 0 heterocycles. The van der Waals surface area contributed by atoms with Gasteiger partial charge in [0.2, 0.25) is 10.0 Å². The summed E-state index contributed by atoms with van der Waals surface area (Å²) < 4.78 is 39.8. The van der Waals surface area contributed by atoms with Crippen molar-refractivity contribution >= 4 is 27.6 Å². The fraction of sp³-hybridized carbons (Fsp3) is 0.125. The van der Waals surface area contributed by atoms with Crippen LogP contribution < -0.4 is 10.5 Å². The molecule has 0 aliphatic rings. The quantitative estimate of drug-likeness (QED) is 0.745. The number of esters is 1. The number of hydrogen-bond donors (Lipinski definition) is 2. The van der Waals surface area contributed by atoms with E-state index < -0.39 is 34.3 Å². The SMILES string of the molecule is NS(=O)(=O)c1ccc(NC(=O)COC(=O)Cc2ccc(F)cc2)cc1. The number of ether oxygens (including phenoxy) is 1. The molecule has 0 saturated heterocycles. The molecule has 0 aliphatic carbocycles. The number of benzene rings is 2. The van der Waals surface area contributed by atoms with E-state index in [1.165, 1.54) is 48.5 Å². The summed E-state index contributed by atoms with van der Waals surface area (Å²) in [6.45, 7) is -0.503. The first-order chi connectivity index (χ1) is 11.7. The van der Waals surface area contributed by atoms with Crippen LogP contribution in [-0.2, 0) is 30.8 Å². The third-order valence-electron chi connectivity index (χ3n) is 3.09. The van der Waals surface area contributed by atoms with Crippen LogP contribution in [0.3, 0.4) is 0 Å². The lowest BCUT2D eigenvalue weighted by Gasteiger charge is -2.07. The zero-order chi connectivity index (χ0) is 18.4. The van der Waals surface area contributed by atoms with E-state index in [4.69, 9.17) is 9.88 Å². The summed E-state index contributed by atoms with van der Waals surface area (Å²) in [5.74, 6) is -1.63. The Bertz CT molecular complexity index is 864. The number of hydrogen-bond acceptors (Lipinski definition) is 5. The molecule has 7 nitrogen and oxygen atoms in total. The van der Waals surface area contributed by atoms with E-state index in [1.54, 1.807) is 0 Å². The number of nitrogens with one attached hydrogen (secondary N) is 1. The van der Waals surface area contributed by atoms with E-state index >= 15 is 0 Å². The molecular weight excluding hydrogens is 351 g/mol. The van der Waals surface area contributed by atoms with Crippen LogP contribution in [0.2, 0.25) is 0 Å². The molecule has 0 fully saturated rings. The predicted molar refractivity (Wildman–Crippen MR) is 87.5 cm³/mol. The molecule has 25 heavy (non-hydrogen) atoms. The molecule has 0 saturated carbocycles. The van der Waals surface area contributed by atoms with Gasteiger partial charge in [0.15, 0.2) is 6.61 Å². The number of primary sulfonamides is 1. The lowest BCUT2D eigenvalue weighted by atomic mass is 10.1. The van der Waals surface area contributed by atoms with Crippen LogP contribution in [0.15, 0.2) is 53.4 Å². The molecule has 2 aromatic rings. The molecule has 2 rings (SSSR count). The van der Waals surface area contributed by atoms with Crippen molar-refractivity contribution in [3.8, 4) is 0 Å². The molecule has 132 valence electrons. The minimum atomic E-state index is -3.81. The molecule has 3 N–H and O–H groups in total. The minimum absolute atomic E-state index is 0.0867. The van der Waals surface area contributed by atoms with Gasteiger partial charge in [-0.05, 0) is 42.0 Å². The van der Waals surface area contributed by atoms with Gasteiger partial charge in [-0.1, -0.05) is 12.1 Å². The van der Waals surface area contributed by atoms with Crippen molar-refractivity contribution in [3.63, 3.8) is 0 Å². The molecule has 9 heteroatoms. The summed E-state index contributed by atoms with van der Waals surface area (Å²) in [6, 6.07) is 10.5. The first kappa shape index (κ1) is 18.6. The third-order valence-corrected chi connectivity index (χ3v) is 4.02. The smallest absolute Gasteiger partial charge is 0.310 e. The number of nitrogens with two attached hydrogens (primary N) is 1. The average molecular weight is 366 g/mol. The second kappa shape index (κ2) is 7.86. The van der Waals surface area contributed by atoms with E-state index in [0.717, 1.165) is 0 Å². The van der Waals surface area contributed by atoms with Crippen LogP contribution in [0.4, 0.5) is 10.1 Å². The van der Waals surface area contributed by atoms with E-state index in [2.05, 4.69) is 5.32 Å². The molecule has 0 atom stereocenters. The highest BCUT2D eigenvalue weighted by Gasteiger charge is 2.10. The Morgan fingerprint density at radius 1 is 1.04 bits per heavy atom. The molecule has 0 aliphatic heterocycles. The highest BCUT2D eigenvalue weighted by Crippen LogP contribution is 2.12. The van der Waals surface area contributed by atoms with Gasteiger partial charge in [-0.3, -0.25) is 9.59 Å². The molecule has 0 radical (unpaired) electrons. The maximum absolute atomic E-state index is 12.8. The number of carbonyl (C=O) groups is 2. The largest absolute Gasteiger partial charge is 0.455 e. The minimum Gasteiger partial charge on any atom is -0.455 e. The number of rotatable bonds is 6. The summed E-state index contributed by atoms with van der Waals surface area (Å²) in [5.41, 5.74) is 0.886. The van der Waals surface area contributed by atoms with Crippen molar-refractivity contribution in [2.24, 2.45) is 5.14 Å². The molecule has 0 aromatic heterocycles. The Balaban J connectivity index is 1.82. The lowest BCUT2D eigenvalue weighted by molar-refractivity contribution is -0.146. The fourth-order valence-corrected chi connectivity index (χ4v) is 2.41. The fourth-order valence-electron chi connectivity index (χ4n) is 1.89. The van der Waals surface area contributed by atoms with Gasteiger partial charge >= 0.3 is 5.97 Å². The van der Waals surface area contributed by atoms with E-state index in [9.17, 15) is 22.4 Å². The zero-order valence-corrected chi connectivity index (χ0v) is 13.8. The normalized spacial score (nSPS) is 11.0. The van der Waals surface area contributed by atoms with E-state index in [1.807, 2.05) is 0 Å². The molecule has 1 amide bonds. The first-order valence-corrected chi connectivity index (χ1v) is 8.61. The van der Waals surface area contributed by atoms with Crippen molar-refractivity contribution < 1.29 is 27.1 Å². The molecule has 0 spiro atoms. The van der Waals surface area contributed by atoms with Crippen LogP contribution in [0.1, 0.15) is 5.56 Å². The molecular formula is C16H15FN2O5S. The van der Waals surface area contributed by atoms with Gasteiger partial charge < -0.3 is 10.1 Å². The van der Waals surface area contributed by atoms with Crippen LogP contribution in [0.25, 0.3) is 0 Å². The molecule has 0 unspecified atom stereocenters. The van der Waals surface area contributed by atoms with Crippen molar-refractivity contribution in [1.29, 1.82) is 0 Å². The van der Waals surface area contributed by atoms with Crippen molar-refractivity contribution in [1.82, 2.24) is 0 Å². The van der Waals surface area contributed by atoms with Gasteiger partial charge in [0.1, 0.15) is 5.82 Å². The number of amides is 1. The molecule has 0 bridgehead atoms. The molecule has 2 aromatic carbocycles. The van der Waals surface area contributed by atoms with E-state index in [0.29, 0.717) is 11.3 Å². The predicted octanol–water partition coefficient (Wildman–Crippen LogP) is 1.20. The standard InChI is InChI=1S/C16H15FN2O5S/c17-12-3-1-11(2-4-12)9-16(21)24-10-15(20)19-13-5-7-14(8-6-13)25(18,22)23/h1-8H,9-10H2,(H,19,20)(H2,18,22,23). The van der Waals surface area contributed by atoms with Gasteiger partial charge in [0.05, 0.1) is 11.3 Å². The number of sulfonamides is 1. The van der Waals surface area contributed by atoms with Gasteiger partial charge in [-0.2, -0.15) is 0 Å². The second-order valence-electron chi connectivity index (χ2n) is 5.08. The van der Waals surface area contributed by atoms with Gasteiger partial charge in [0, 0.05) is 5.69 Å². The number of anilines is 1. The van der Waals surface area contributed by atoms with Crippen molar-refractivity contribution in [2.45, 2.75) is 11.3 Å². The lowest BCUT2D eigenvalue weighted by Crippen LogP contribution is -2.21. The Morgan fingerprint density at radius 2 is 1.64 bits per heavy atom. The van der Waals surface area contributed by atoms with Crippen LogP contribution in [0, 0.1) is 5.82 Å². The van der Waals surface area contributed by atoms with Gasteiger partial charge in [0.25, 0.3) is 5.91 Å². The maximum Gasteiger partial charge on any atom is 0.310 e. The summed E-state index contributed by atoms with van der Waals surface area (Å²) in [4.78, 5) is 23.3. The van der Waals surface area contributed by atoms with Crippen molar-refractivity contribution in [2.75, 3.05) is 11.9 Å². The Labute approximate surface area is 143 Å². The second-order valence-corrected chi connectivity index (χ2v) is 6.64. The summed E-state index contributed by atoms with van der Waals surface area (Å²) in [5, 5.41) is 7.41. The van der Waals surface area contributed by atoms with Crippen LogP contribution >= 0.6 is 0 Å². The highest BCUT2D eigenvalue weighted by molar-refractivity contribution is 7.89. The highest BCUT2D eigenvalue weighted by atomic mass is 32.2. The zero-order valence-electron chi connectivity index (χ0n) is 12.9.